The molecule has 0 aromatic heterocycles. The molecule has 8 heteroatoms. The summed E-state index contributed by atoms with van der Waals surface area (Å²) in [5, 5.41) is 19.4. The Morgan fingerprint density at radius 1 is 1.36 bits per heavy atom. The maximum absolute atomic E-state index is 11.7. The van der Waals surface area contributed by atoms with Gasteiger partial charge in [-0.3, -0.25) is 4.79 Å². The molecule has 1 aromatic rings. The predicted molar refractivity (Wildman–Crippen MR) is 83.1 cm³/mol. The number of unbranched alkanes of at least 4 members (excludes halogenated alkanes) is 1. The molecule has 0 aliphatic rings. The van der Waals surface area contributed by atoms with Crippen LogP contribution in [0.15, 0.2) is 40.9 Å². The van der Waals surface area contributed by atoms with Gasteiger partial charge in [0.05, 0.1) is 4.90 Å². The lowest BCUT2D eigenvalue weighted by atomic mass is 10.2. The Hall–Kier alpha value is -2.37. The molecule has 0 aliphatic carbocycles. The molecule has 0 saturated heterocycles. The van der Waals surface area contributed by atoms with E-state index in [1.165, 1.54) is 30.5 Å². The zero-order valence-corrected chi connectivity index (χ0v) is 13.0. The van der Waals surface area contributed by atoms with E-state index in [4.69, 9.17) is 10.4 Å². The quantitative estimate of drug-likeness (QED) is 0.393. The van der Waals surface area contributed by atoms with E-state index in [0.29, 0.717) is 12.2 Å². The van der Waals surface area contributed by atoms with Crippen LogP contribution in [0, 0.1) is 11.3 Å². The van der Waals surface area contributed by atoms with Crippen molar-refractivity contribution in [3.05, 3.63) is 36.0 Å². The second-order valence-electron chi connectivity index (χ2n) is 4.49. The largest absolute Gasteiger partial charge is 0.360 e. The summed E-state index contributed by atoms with van der Waals surface area (Å²) in [6.07, 6.45) is 3.06. The van der Waals surface area contributed by atoms with Gasteiger partial charge in [0, 0.05) is 18.4 Å². The molecule has 1 rings (SSSR count). The smallest absolute Gasteiger partial charge is 0.263 e. The molecule has 0 unspecified atom stereocenters. The maximum atomic E-state index is 11.7. The molecule has 118 valence electrons. The van der Waals surface area contributed by atoms with E-state index in [1.807, 2.05) is 6.92 Å². The molecule has 0 spiro atoms. The molecular weight excluding hydrogens is 304 g/mol. The minimum absolute atomic E-state index is 0.0140. The number of nitriles is 1. The van der Waals surface area contributed by atoms with Crippen LogP contribution in [0.1, 0.15) is 19.8 Å². The second-order valence-corrected chi connectivity index (χ2v) is 6.05. The fraction of sp³-hybridized carbons (Fsp3) is 0.286. The normalized spacial score (nSPS) is 11.6. The van der Waals surface area contributed by atoms with Gasteiger partial charge in [0.25, 0.3) is 5.91 Å². The highest BCUT2D eigenvalue weighted by molar-refractivity contribution is 7.89. The lowest BCUT2D eigenvalue weighted by molar-refractivity contribution is -0.117. The highest BCUT2D eigenvalue weighted by Gasteiger charge is 2.08. The Morgan fingerprint density at radius 2 is 2.00 bits per heavy atom. The summed E-state index contributed by atoms with van der Waals surface area (Å²) in [6, 6.07) is 7.44. The molecule has 0 bridgehead atoms. The average molecular weight is 322 g/mol. The van der Waals surface area contributed by atoms with E-state index in [2.05, 4.69) is 10.6 Å². The molecule has 0 atom stereocenters. The van der Waals surface area contributed by atoms with Gasteiger partial charge in [0.1, 0.15) is 11.6 Å². The predicted octanol–water partition coefficient (Wildman–Crippen LogP) is 1.07. The number of nitrogens with two attached hydrogens (primary N) is 1. The first kappa shape index (κ1) is 17.7. The van der Waals surface area contributed by atoms with Gasteiger partial charge in [-0.25, -0.2) is 13.6 Å². The molecule has 4 N–H and O–H groups in total. The van der Waals surface area contributed by atoms with Crippen LogP contribution in [0.5, 0.6) is 0 Å². The van der Waals surface area contributed by atoms with Gasteiger partial charge in [-0.15, -0.1) is 0 Å². The third-order valence-corrected chi connectivity index (χ3v) is 3.68. The van der Waals surface area contributed by atoms with E-state index in [1.54, 1.807) is 6.07 Å². The molecule has 0 radical (unpaired) electrons. The van der Waals surface area contributed by atoms with Crippen molar-refractivity contribution in [2.75, 3.05) is 11.9 Å². The number of carbonyl (C=O) groups excluding carboxylic acids is 1. The van der Waals surface area contributed by atoms with Gasteiger partial charge < -0.3 is 10.6 Å². The number of nitrogens with one attached hydrogen (secondary N) is 2. The monoisotopic (exact) mass is 322 g/mol. The average Bonchev–Trinajstić information content (AvgIpc) is 2.47. The van der Waals surface area contributed by atoms with Crippen molar-refractivity contribution in [2.24, 2.45) is 5.14 Å². The summed E-state index contributed by atoms with van der Waals surface area (Å²) in [5.41, 5.74) is 0.466. The molecule has 0 fully saturated rings. The maximum Gasteiger partial charge on any atom is 0.263 e. The van der Waals surface area contributed by atoms with Gasteiger partial charge in [-0.1, -0.05) is 13.3 Å². The van der Waals surface area contributed by atoms with Crippen LogP contribution in [0.4, 0.5) is 5.69 Å². The van der Waals surface area contributed by atoms with Crippen molar-refractivity contribution >= 4 is 21.6 Å². The second kappa shape index (κ2) is 8.17. The Labute approximate surface area is 129 Å². The van der Waals surface area contributed by atoms with Gasteiger partial charge in [0.15, 0.2) is 0 Å². The summed E-state index contributed by atoms with van der Waals surface area (Å²) in [6.45, 7) is 2.51. The first-order valence-electron chi connectivity index (χ1n) is 6.66. The number of carbonyl (C=O) groups is 1. The van der Waals surface area contributed by atoms with E-state index in [9.17, 15) is 13.2 Å². The van der Waals surface area contributed by atoms with Crippen molar-refractivity contribution in [1.29, 1.82) is 5.26 Å². The standard InChI is InChI=1S/C14H18N4O3S/c1-2-3-8-17-14(19)11(9-15)10-18-12-4-6-13(7-5-12)22(16,20)21/h4-7,10,18H,2-3,8H2,1H3,(H,17,19)(H2,16,20,21)/b11-10-. The number of primary sulfonamides is 1. The van der Waals surface area contributed by atoms with Crippen molar-refractivity contribution < 1.29 is 13.2 Å². The highest BCUT2D eigenvalue weighted by atomic mass is 32.2. The van der Waals surface area contributed by atoms with Crippen LogP contribution in [-0.2, 0) is 14.8 Å². The van der Waals surface area contributed by atoms with Crippen LogP contribution >= 0.6 is 0 Å². The van der Waals surface area contributed by atoms with Crippen LogP contribution in [-0.4, -0.2) is 20.9 Å². The fourth-order valence-corrected chi connectivity index (χ4v) is 2.03. The van der Waals surface area contributed by atoms with Crippen molar-refractivity contribution in [3.8, 4) is 6.07 Å². The number of amides is 1. The Balaban J connectivity index is 2.72. The van der Waals surface area contributed by atoms with Crippen LogP contribution < -0.4 is 15.8 Å². The van der Waals surface area contributed by atoms with E-state index < -0.39 is 15.9 Å². The summed E-state index contributed by atoms with van der Waals surface area (Å²) in [7, 11) is -3.74. The zero-order chi connectivity index (χ0) is 16.6. The molecular formula is C14H18N4O3S. The minimum atomic E-state index is -3.74. The molecule has 1 aromatic carbocycles. The first-order chi connectivity index (χ1) is 10.4. The van der Waals surface area contributed by atoms with Crippen LogP contribution in [0.2, 0.25) is 0 Å². The summed E-state index contributed by atoms with van der Waals surface area (Å²) in [5.74, 6) is -0.454. The summed E-state index contributed by atoms with van der Waals surface area (Å²) < 4.78 is 22.2. The topological polar surface area (TPSA) is 125 Å². The molecule has 22 heavy (non-hydrogen) atoms. The number of hydrogen-bond donors (Lipinski definition) is 3. The van der Waals surface area contributed by atoms with E-state index in [0.717, 1.165) is 12.8 Å². The van der Waals surface area contributed by atoms with Gasteiger partial charge in [-0.05, 0) is 30.7 Å². The van der Waals surface area contributed by atoms with Crippen LogP contribution in [0.3, 0.4) is 0 Å². The number of sulfonamides is 1. The third-order valence-electron chi connectivity index (χ3n) is 2.75. The van der Waals surface area contributed by atoms with Gasteiger partial charge >= 0.3 is 0 Å². The number of rotatable bonds is 7. The molecule has 1 amide bonds. The first-order valence-corrected chi connectivity index (χ1v) is 8.21. The molecule has 7 nitrogen and oxygen atoms in total. The number of hydrogen-bond acceptors (Lipinski definition) is 5. The number of anilines is 1. The van der Waals surface area contributed by atoms with Gasteiger partial charge in [0.2, 0.25) is 10.0 Å². The molecule has 0 heterocycles. The highest BCUT2D eigenvalue weighted by Crippen LogP contribution is 2.13. The third kappa shape index (κ3) is 5.55. The van der Waals surface area contributed by atoms with Gasteiger partial charge in [-0.2, -0.15) is 5.26 Å². The Kier molecular flexibility index (Phi) is 6.56. The number of benzene rings is 1. The zero-order valence-electron chi connectivity index (χ0n) is 12.2. The summed E-state index contributed by atoms with van der Waals surface area (Å²) >= 11 is 0. The molecule has 0 saturated carbocycles. The SMILES string of the molecule is CCCCNC(=O)/C(C#N)=C\Nc1ccc(S(N)(=O)=O)cc1. The van der Waals surface area contributed by atoms with E-state index >= 15 is 0 Å². The van der Waals surface area contributed by atoms with Crippen molar-refractivity contribution in [3.63, 3.8) is 0 Å². The Bertz CT molecular complexity index is 688. The Morgan fingerprint density at radius 3 is 2.50 bits per heavy atom. The fourth-order valence-electron chi connectivity index (χ4n) is 1.52. The van der Waals surface area contributed by atoms with Crippen molar-refractivity contribution in [1.82, 2.24) is 5.32 Å². The summed E-state index contributed by atoms with van der Waals surface area (Å²) in [4.78, 5) is 11.7. The lowest BCUT2D eigenvalue weighted by Gasteiger charge is -2.05. The van der Waals surface area contributed by atoms with Crippen LogP contribution in [0.25, 0.3) is 0 Å². The van der Waals surface area contributed by atoms with Crippen molar-refractivity contribution in [2.45, 2.75) is 24.7 Å². The van der Waals surface area contributed by atoms with E-state index in [-0.39, 0.29) is 10.5 Å². The molecule has 0 aliphatic heterocycles. The lowest BCUT2D eigenvalue weighted by Crippen LogP contribution is -2.25. The number of nitrogens with zero attached hydrogens (tertiary/aromatic N) is 1. The minimum Gasteiger partial charge on any atom is -0.360 e.